The van der Waals surface area contributed by atoms with Gasteiger partial charge in [-0.05, 0) is 48.2 Å². The molecule has 0 aliphatic heterocycles. The van der Waals surface area contributed by atoms with Crippen molar-refractivity contribution in [3.05, 3.63) is 58.4 Å². The Bertz CT molecular complexity index is 1200. The fourth-order valence-corrected chi connectivity index (χ4v) is 3.30. The number of benzene rings is 2. The zero-order valence-corrected chi connectivity index (χ0v) is 19.7. The molecule has 0 radical (unpaired) electrons. The molecule has 0 bridgehead atoms. The van der Waals surface area contributed by atoms with Gasteiger partial charge in [-0.2, -0.15) is 0 Å². The number of amides is 1. The molecule has 2 N–H and O–H groups in total. The van der Waals surface area contributed by atoms with E-state index in [0.717, 1.165) is 5.56 Å². The Morgan fingerprint density at radius 2 is 1.85 bits per heavy atom. The van der Waals surface area contributed by atoms with E-state index in [1.807, 2.05) is 26.8 Å². The van der Waals surface area contributed by atoms with Gasteiger partial charge in [0, 0.05) is 5.02 Å². The lowest BCUT2D eigenvalue weighted by atomic mass is 9.87. The molecule has 1 aromatic heterocycles. The number of hydrogen-bond donors (Lipinski definition) is 2. The number of carbonyl (C=O) groups excluding carboxylic acids is 1. The summed E-state index contributed by atoms with van der Waals surface area (Å²) in [5.74, 6) is -0.894. The Morgan fingerprint density at radius 3 is 2.48 bits per heavy atom. The number of anilines is 1. The summed E-state index contributed by atoms with van der Waals surface area (Å²) in [5.41, 5.74) is 2.16. The minimum atomic E-state index is -1.12. The van der Waals surface area contributed by atoms with Crippen LogP contribution in [0, 0.1) is 6.92 Å². The van der Waals surface area contributed by atoms with Gasteiger partial charge >= 0.3 is 5.97 Å². The Morgan fingerprint density at radius 1 is 1.15 bits per heavy atom. The zero-order chi connectivity index (χ0) is 24.3. The maximum atomic E-state index is 13.1. The van der Waals surface area contributed by atoms with E-state index < -0.39 is 18.5 Å². The Balaban J connectivity index is 1.96. The van der Waals surface area contributed by atoms with E-state index in [4.69, 9.17) is 26.2 Å². The molecule has 0 aliphatic rings. The molecule has 0 saturated carbocycles. The number of methoxy groups -OCH3 is 1. The van der Waals surface area contributed by atoms with E-state index in [1.54, 1.807) is 37.3 Å². The number of aliphatic carboxylic acids is 1. The summed E-state index contributed by atoms with van der Waals surface area (Å²) in [6, 6.07) is 10.3. The zero-order valence-electron chi connectivity index (χ0n) is 19.0. The highest BCUT2D eigenvalue weighted by atomic mass is 35.5. The third-order valence-electron chi connectivity index (χ3n) is 4.92. The standard InChI is InChI=1S/C23H25ClN4O5/c1-13-21(26-27-28(13)17-11-15(24)7-9-19(17)32-5)22(31)25-16-10-14(23(2,3)4)6-8-18(16)33-12-20(29)30/h6-11H,12H2,1-5H3,(H,25,31)(H,29,30). The minimum absolute atomic E-state index is 0.0855. The van der Waals surface area contributed by atoms with Crippen molar-refractivity contribution < 1.29 is 24.2 Å². The topological polar surface area (TPSA) is 116 Å². The molecule has 0 atom stereocenters. The molecule has 9 nitrogen and oxygen atoms in total. The summed E-state index contributed by atoms with van der Waals surface area (Å²) < 4.78 is 12.2. The molecule has 0 saturated heterocycles. The highest BCUT2D eigenvalue weighted by Gasteiger charge is 2.22. The van der Waals surface area contributed by atoms with Crippen LogP contribution in [0.25, 0.3) is 5.69 Å². The number of halogens is 1. The summed E-state index contributed by atoms with van der Waals surface area (Å²) in [4.78, 5) is 24.1. The van der Waals surface area contributed by atoms with Crippen molar-refractivity contribution in [2.75, 3.05) is 19.0 Å². The Hall–Kier alpha value is -3.59. The Labute approximate surface area is 196 Å². The lowest BCUT2D eigenvalue weighted by molar-refractivity contribution is -0.139. The normalized spacial score (nSPS) is 11.2. The molecule has 1 heterocycles. The quantitative estimate of drug-likeness (QED) is 0.528. The number of carbonyl (C=O) groups is 2. The second-order valence-electron chi connectivity index (χ2n) is 8.35. The number of ether oxygens (including phenoxy) is 2. The first-order valence-corrected chi connectivity index (χ1v) is 10.5. The molecule has 33 heavy (non-hydrogen) atoms. The fourth-order valence-electron chi connectivity index (χ4n) is 3.14. The SMILES string of the molecule is COc1ccc(Cl)cc1-n1nnc(C(=O)Nc2cc(C(C)(C)C)ccc2OCC(=O)O)c1C. The molecule has 10 heteroatoms. The minimum Gasteiger partial charge on any atom is -0.494 e. The van der Waals surface area contributed by atoms with Gasteiger partial charge in [-0.1, -0.05) is 43.7 Å². The number of carboxylic acids is 1. The van der Waals surface area contributed by atoms with Crippen molar-refractivity contribution in [3.63, 3.8) is 0 Å². The number of carboxylic acid groups (broad SMARTS) is 1. The number of aromatic nitrogens is 3. The molecule has 0 aliphatic carbocycles. The average molecular weight is 473 g/mol. The highest BCUT2D eigenvalue weighted by molar-refractivity contribution is 6.30. The van der Waals surface area contributed by atoms with Crippen LogP contribution >= 0.6 is 11.6 Å². The molecule has 1 amide bonds. The largest absolute Gasteiger partial charge is 0.494 e. The van der Waals surface area contributed by atoms with E-state index in [1.165, 1.54) is 11.8 Å². The van der Waals surface area contributed by atoms with Crippen LogP contribution < -0.4 is 14.8 Å². The summed E-state index contributed by atoms with van der Waals surface area (Å²) in [5, 5.41) is 20.4. The van der Waals surface area contributed by atoms with Crippen LogP contribution in [0.2, 0.25) is 5.02 Å². The van der Waals surface area contributed by atoms with Crippen LogP contribution in [0.3, 0.4) is 0 Å². The predicted molar refractivity (Wildman–Crippen MR) is 124 cm³/mol. The number of nitrogens with zero attached hydrogens (tertiary/aromatic N) is 3. The number of nitrogens with one attached hydrogen (secondary N) is 1. The van der Waals surface area contributed by atoms with E-state index in [2.05, 4.69) is 15.6 Å². The average Bonchev–Trinajstić information content (AvgIpc) is 3.13. The lowest BCUT2D eigenvalue weighted by Gasteiger charge is -2.21. The predicted octanol–water partition coefficient (Wildman–Crippen LogP) is 4.25. The van der Waals surface area contributed by atoms with Gasteiger partial charge < -0.3 is 19.9 Å². The molecule has 3 rings (SSSR count). The maximum Gasteiger partial charge on any atom is 0.341 e. The van der Waals surface area contributed by atoms with Gasteiger partial charge in [0.05, 0.1) is 18.5 Å². The van der Waals surface area contributed by atoms with Gasteiger partial charge in [0.25, 0.3) is 5.91 Å². The number of rotatable bonds is 7. The van der Waals surface area contributed by atoms with Crippen LogP contribution in [0.15, 0.2) is 36.4 Å². The smallest absolute Gasteiger partial charge is 0.341 e. The molecule has 0 spiro atoms. The molecule has 3 aromatic rings. The van der Waals surface area contributed by atoms with Gasteiger partial charge in [-0.15, -0.1) is 5.10 Å². The molecular weight excluding hydrogens is 448 g/mol. The monoisotopic (exact) mass is 472 g/mol. The van der Waals surface area contributed by atoms with Gasteiger partial charge in [0.1, 0.15) is 17.2 Å². The van der Waals surface area contributed by atoms with Crippen LogP contribution in [-0.2, 0) is 10.2 Å². The fraction of sp³-hybridized carbons (Fsp3) is 0.304. The maximum absolute atomic E-state index is 13.1. The summed E-state index contributed by atoms with van der Waals surface area (Å²) >= 11 is 6.12. The van der Waals surface area contributed by atoms with Crippen LogP contribution in [0.1, 0.15) is 42.5 Å². The third kappa shape index (κ3) is 5.43. The van der Waals surface area contributed by atoms with Gasteiger partial charge in [0.2, 0.25) is 0 Å². The van der Waals surface area contributed by atoms with Gasteiger partial charge in [-0.25, -0.2) is 9.48 Å². The van der Waals surface area contributed by atoms with Crippen molar-refractivity contribution in [1.29, 1.82) is 0 Å². The second kappa shape index (κ2) is 9.50. The van der Waals surface area contributed by atoms with Gasteiger partial charge in [0.15, 0.2) is 12.3 Å². The van der Waals surface area contributed by atoms with E-state index >= 15 is 0 Å². The molecular formula is C23H25ClN4O5. The number of hydrogen-bond acceptors (Lipinski definition) is 6. The van der Waals surface area contributed by atoms with Crippen LogP contribution in [0.4, 0.5) is 5.69 Å². The third-order valence-corrected chi connectivity index (χ3v) is 5.16. The molecule has 0 unspecified atom stereocenters. The van der Waals surface area contributed by atoms with E-state index in [9.17, 15) is 9.59 Å². The Kier molecular flexibility index (Phi) is 6.92. The first kappa shape index (κ1) is 24.1. The van der Waals surface area contributed by atoms with Gasteiger partial charge in [-0.3, -0.25) is 4.79 Å². The van der Waals surface area contributed by atoms with Crippen molar-refractivity contribution in [1.82, 2.24) is 15.0 Å². The first-order chi connectivity index (χ1) is 15.5. The molecule has 0 fully saturated rings. The summed E-state index contributed by atoms with van der Waals surface area (Å²) in [7, 11) is 1.52. The van der Waals surface area contributed by atoms with Crippen molar-refractivity contribution in [3.8, 4) is 17.2 Å². The summed E-state index contributed by atoms with van der Waals surface area (Å²) in [6.07, 6.45) is 0. The first-order valence-electron chi connectivity index (χ1n) is 10.1. The summed E-state index contributed by atoms with van der Waals surface area (Å²) in [6.45, 7) is 7.24. The second-order valence-corrected chi connectivity index (χ2v) is 8.79. The van der Waals surface area contributed by atoms with Crippen LogP contribution in [0.5, 0.6) is 11.5 Å². The van der Waals surface area contributed by atoms with E-state index in [0.29, 0.717) is 27.8 Å². The van der Waals surface area contributed by atoms with Crippen molar-refractivity contribution >= 4 is 29.2 Å². The van der Waals surface area contributed by atoms with E-state index in [-0.39, 0.29) is 16.9 Å². The van der Waals surface area contributed by atoms with Crippen molar-refractivity contribution in [2.45, 2.75) is 33.1 Å². The van der Waals surface area contributed by atoms with Crippen molar-refractivity contribution in [2.24, 2.45) is 0 Å². The lowest BCUT2D eigenvalue weighted by Crippen LogP contribution is -2.18. The molecule has 2 aromatic carbocycles. The molecule has 174 valence electrons. The highest BCUT2D eigenvalue weighted by Crippen LogP contribution is 2.32. The van der Waals surface area contributed by atoms with Crippen LogP contribution in [-0.4, -0.2) is 45.7 Å².